The Morgan fingerprint density at radius 1 is 1.29 bits per heavy atom. The van der Waals surface area contributed by atoms with E-state index in [-0.39, 0.29) is 5.57 Å². The summed E-state index contributed by atoms with van der Waals surface area (Å²) in [5, 5.41) is 3.85. The summed E-state index contributed by atoms with van der Waals surface area (Å²) in [6.07, 6.45) is 1.30. The molecule has 0 aliphatic heterocycles. The minimum absolute atomic E-state index is 0.236. The van der Waals surface area contributed by atoms with Gasteiger partial charge in [0.15, 0.2) is 5.75 Å². The van der Waals surface area contributed by atoms with Gasteiger partial charge in [-0.3, -0.25) is 0 Å². The van der Waals surface area contributed by atoms with Crippen molar-refractivity contribution in [3.05, 3.63) is 36.1 Å². The fourth-order valence-corrected chi connectivity index (χ4v) is 1.57. The highest BCUT2D eigenvalue weighted by Crippen LogP contribution is 2.27. The van der Waals surface area contributed by atoms with Gasteiger partial charge in [0.1, 0.15) is 5.57 Å². The molecular weight excluding hydrogens is 274 g/mol. The maximum atomic E-state index is 11.8. The van der Waals surface area contributed by atoms with Crippen LogP contribution in [-0.4, -0.2) is 32.7 Å². The van der Waals surface area contributed by atoms with Gasteiger partial charge in [0.25, 0.3) is 0 Å². The number of nitrogens with zero attached hydrogens (tertiary/aromatic N) is 1. The van der Waals surface area contributed by atoms with Crippen LogP contribution in [0.25, 0.3) is 5.57 Å². The largest absolute Gasteiger partial charge is 0.503 e. The summed E-state index contributed by atoms with van der Waals surface area (Å²) >= 11 is 0. The average Bonchev–Trinajstić information content (AvgIpc) is 2.50. The molecular formula is C15H19NO5. The topological polar surface area (TPSA) is 66.3 Å². The molecule has 6 heteroatoms. The maximum absolute atomic E-state index is 11.8. The number of carbonyl (C=O) groups excluding carboxylic acids is 1. The lowest BCUT2D eigenvalue weighted by atomic mass is 10.1. The van der Waals surface area contributed by atoms with Crippen LogP contribution in [0.3, 0.4) is 0 Å². The first kappa shape index (κ1) is 16.6. The molecule has 0 saturated heterocycles. The lowest BCUT2D eigenvalue weighted by Crippen LogP contribution is -2.06. The van der Waals surface area contributed by atoms with Crippen molar-refractivity contribution < 1.29 is 23.8 Å². The quantitative estimate of drug-likeness (QED) is 0.201. The summed E-state index contributed by atoms with van der Waals surface area (Å²) < 4.78 is 14.8. The molecule has 0 aliphatic rings. The van der Waals surface area contributed by atoms with E-state index < -0.39 is 5.97 Å². The third-order valence-electron chi connectivity index (χ3n) is 2.44. The van der Waals surface area contributed by atoms with Crippen LogP contribution < -0.4 is 4.84 Å². The Balaban J connectivity index is 3.10. The van der Waals surface area contributed by atoms with Crippen LogP contribution in [0, 0.1) is 0 Å². The Morgan fingerprint density at radius 2 is 2.00 bits per heavy atom. The van der Waals surface area contributed by atoms with Gasteiger partial charge in [0.05, 0.1) is 27.1 Å². The smallest absolute Gasteiger partial charge is 0.341 e. The van der Waals surface area contributed by atoms with Crippen molar-refractivity contribution in [2.45, 2.75) is 13.8 Å². The highest BCUT2D eigenvalue weighted by molar-refractivity contribution is 6.16. The number of para-hydroxylation sites is 1. The van der Waals surface area contributed by atoms with Crippen LogP contribution >= 0.6 is 0 Å². The first-order chi connectivity index (χ1) is 10.1. The van der Waals surface area contributed by atoms with Gasteiger partial charge in [-0.25, -0.2) is 4.79 Å². The third kappa shape index (κ3) is 4.83. The van der Waals surface area contributed by atoms with Crippen LogP contribution in [0.1, 0.15) is 19.4 Å². The molecule has 0 aromatic heterocycles. The van der Waals surface area contributed by atoms with Gasteiger partial charge in [0.2, 0.25) is 5.90 Å². The van der Waals surface area contributed by atoms with E-state index in [2.05, 4.69) is 5.16 Å². The van der Waals surface area contributed by atoms with Crippen LogP contribution in [0.2, 0.25) is 0 Å². The molecule has 0 fully saturated rings. The molecule has 0 spiro atoms. The van der Waals surface area contributed by atoms with Crippen molar-refractivity contribution in [1.29, 1.82) is 0 Å². The maximum Gasteiger partial charge on any atom is 0.341 e. The summed E-state index contributed by atoms with van der Waals surface area (Å²) in [6.45, 7) is 4.03. The summed E-state index contributed by atoms with van der Waals surface area (Å²) in [5.41, 5.74) is 0.749. The normalized spacial score (nSPS) is 11.8. The zero-order valence-electron chi connectivity index (χ0n) is 12.6. The predicted octanol–water partition coefficient (Wildman–Crippen LogP) is 2.60. The van der Waals surface area contributed by atoms with Gasteiger partial charge in [-0.2, -0.15) is 0 Å². The number of ether oxygens (including phenoxy) is 3. The summed E-state index contributed by atoms with van der Waals surface area (Å²) in [6, 6.07) is 6.94. The van der Waals surface area contributed by atoms with Crippen molar-refractivity contribution in [3.8, 4) is 5.75 Å². The summed E-state index contributed by atoms with van der Waals surface area (Å²) in [5.74, 6) is 0.256. The van der Waals surface area contributed by atoms with Gasteiger partial charge in [-0.1, -0.05) is 18.2 Å². The van der Waals surface area contributed by atoms with Gasteiger partial charge in [-0.05, 0) is 18.1 Å². The molecule has 0 radical (unpaired) electrons. The van der Waals surface area contributed by atoms with Gasteiger partial charge < -0.3 is 19.0 Å². The highest BCUT2D eigenvalue weighted by Gasteiger charge is 2.17. The highest BCUT2D eigenvalue weighted by atomic mass is 16.6. The zero-order chi connectivity index (χ0) is 15.7. The van der Waals surface area contributed by atoms with E-state index in [1.54, 1.807) is 31.2 Å². The van der Waals surface area contributed by atoms with Crippen molar-refractivity contribution in [1.82, 2.24) is 0 Å². The van der Waals surface area contributed by atoms with E-state index >= 15 is 0 Å². The standard InChI is InChI=1S/C15H19NO5/c1-5-20-11(2)16-21-14-9-7-6-8-12(14)13(10-18-3)15(17)19-4/h6-10H,5H2,1-4H3/b13-10+,16-11+. The molecule has 0 heterocycles. The lowest BCUT2D eigenvalue weighted by Gasteiger charge is -2.10. The number of carbonyl (C=O) groups is 1. The zero-order valence-corrected chi connectivity index (χ0v) is 12.6. The second-order valence-corrected chi connectivity index (χ2v) is 3.89. The molecule has 0 saturated carbocycles. The molecule has 0 aliphatic carbocycles. The molecule has 21 heavy (non-hydrogen) atoms. The lowest BCUT2D eigenvalue weighted by molar-refractivity contribution is -0.133. The van der Waals surface area contributed by atoms with Crippen LogP contribution in [0.4, 0.5) is 0 Å². The Bertz CT molecular complexity index is 537. The first-order valence-electron chi connectivity index (χ1n) is 6.39. The number of rotatable bonds is 6. The average molecular weight is 293 g/mol. The summed E-state index contributed by atoms with van der Waals surface area (Å²) in [7, 11) is 2.75. The van der Waals surface area contributed by atoms with E-state index in [1.165, 1.54) is 20.5 Å². The van der Waals surface area contributed by atoms with Crippen LogP contribution in [0.5, 0.6) is 5.75 Å². The predicted molar refractivity (Wildman–Crippen MR) is 78.8 cm³/mol. The minimum Gasteiger partial charge on any atom is -0.503 e. The Hall–Kier alpha value is -2.50. The number of methoxy groups -OCH3 is 2. The number of hydrogen-bond donors (Lipinski definition) is 0. The molecule has 114 valence electrons. The van der Waals surface area contributed by atoms with E-state index in [0.717, 1.165) is 0 Å². The number of esters is 1. The number of benzene rings is 1. The Labute approximate surface area is 123 Å². The minimum atomic E-state index is -0.529. The van der Waals surface area contributed by atoms with Crippen LogP contribution in [0.15, 0.2) is 35.7 Å². The Morgan fingerprint density at radius 3 is 2.62 bits per heavy atom. The molecule has 0 bridgehead atoms. The van der Waals surface area contributed by atoms with E-state index in [9.17, 15) is 4.79 Å². The van der Waals surface area contributed by atoms with Gasteiger partial charge in [0, 0.05) is 12.5 Å². The van der Waals surface area contributed by atoms with Crippen molar-refractivity contribution in [3.63, 3.8) is 0 Å². The third-order valence-corrected chi connectivity index (χ3v) is 2.44. The van der Waals surface area contributed by atoms with E-state index in [0.29, 0.717) is 23.8 Å². The van der Waals surface area contributed by atoms with E-state index in [1.807, 2.05) is 6.92 Å². The van der Waals surface area contributed by atoms with E-state index in [4.69, 9.17) is 19.0 Å². The molecule has 1 aromatic carbocycles. The van der Waals surface area contributed by atoms with Crippen molar-refractivity contribution in [2.75, 3.05) is 20.8 Å². The van der Waals surface area contributed by atoms with Crippen molar-refractivity contribution >= 4 is 17.4 Å². The molecule has 0 N–H and O–H groups in total. The molecule has 6 nitrogen and oxygen atoms in total. The van der Waals surface area contributed by atoms with Gasteiger partial charge in [-0.15, -0.1) is 0 Å². The molecule has 0 amide bonds. The number of hydrogen-bond acceptors (Lipinski definition) is 6. The first-order valence-corrected chi connectivity index (χ1v) is 6.39. The number of oxime groups is 1. The SMILES string of the molecule is CCO/C(C)=N/Oc1ccccc1/C(=C\OC)C(=O)OC. The van der Waals surface area contributed by atoms with Gasteiger partial charge >= 0.3 is 5.97 Å². The Kier molecular flexibility index (Phi) is 6.80. The fraction of sp³-hybridized carbons (Fsp3) is 0.333. The second-order valence-electron chi connectivity index (χ2n) is 3.89. The molecule has 0 unspecified atom stereocenters. The second kappa shape index (κ2) is 8.63. The van der Waals surface area contributed by atoms with Crippen molar-refractivity contribution in [2.24, 2.45) is 5.16 Å². The summed E-state index contributed by atoms with van der Waals surface area (Å²) in [4.78, 5) is 17.1. The molecule has 1 rings (SSSR count). The molecule has 1 aromatic rings. The fourth-order valence-electron chi connectivity index (χ4n) is 1.57. The van der Waals surface area contributed by atoms with Crippen LogP contribution in [-0.2, 0) is 19.0 Å². The molecule has 0 atom stereocenters. The monoisotopic (exact) mass is 293 g/mol.